The maximum atomic E-state index is 12.4. The first-order valence-electron chi connectivity index (χ1n) is 7.90. The van der Waals surface area contributed by atoms with Crippen molar-refractivity contribution < 1.29 is 4.79 Å². The van der Waals surface area contributed by atoms with Gasteiger partial charge in [0.1, 0.15) is 0 Å². The van der Waals surface area contributed by atoms with Crippen LogP contribution in [0.5, 0.6) is 0 Å². The van der Waals surface area contributed by atoms with E-state index in [2.05, 4.69) is 22.5 Å². The number of nitrogens with one attached hydrogen (secondary N) is 2. The van der Waals surface area contributed by atoms with Crippen LogP contribution in [0.25, 0.3) is 0 Å². The topological polar surface area (TPSA) is 44.4 Å². The molecule has 1 aliphatic heterocycles. The van der Waals surface area contributed by atoms with Crippen molar-refractivity contribution in [3.8, 4) is 0 Å². The number of carbonyl (C=O) groups is 1. The molecule has 4 nitrogen and oxygen atoms in total. The number of carbonyl (C=O) groups excluding carboxylic acids is 1. The van der Waals surface area contributed by atoms with E-state index < -0.39 is 0 Å². The van der Waals surface area contributed by atoms with E-state index in [1.807, 2.05) is 0 Å². The molecule has 1 saturated heterocycles. The molecule has 1 aromatic rings. The minimum Gasteiger partial charge on any atom is -0.324 e. The minimum absolute atomic E-state index is 0. The van der Waals surface area contributed by atoms with Gasteiger partial charge in [-0.05, 0) is 51.0 Å². The van der Waals surface area contributed by atoms with Gasteiger partial charge in [0.15, 0.2) is 0 Å². The summed E-state index contributed by atoms with van der Waals surface area (Å²) in [5.74, 6) is -0.0859. The zero-order valence-electron chi connectivity index (χ0n) is 13.6. The van der Waals surface area contributed by atoms with Crippen molar-refractivity contribution >= 4 is 58.8 Å². The third-order valence-corrected chi connectivity index (χ3v) is 5.00. The molecule has 1 fully saturated rings. The van der Waals surface area contributed by atoms with Crippen molar-refractivity contribution in [2.45, 2.75) is 32.2 Å². The van der Waals surface area contributed by atoms with Gasteiger partial charge < -0.3 is 10.6 Å². The number of hydrogen-bond donors (Lipinski definition) is 2. The molecule has 1 aromatic carbocycles. The lowest BCUT2D eigenvalue weighted by molar-refractivity contribution is -0.118. The average Bonchev–Trinajstić information content (AvgIpc) is 2.53. The van der Waals surface area contributed by atoms with E-state index in [4.69, 9.17) is 34.8 Å². The fraction of sp³-hybridized carbons (Fsp3) is 0.562. The molecule has 0 aromatic heterocycles. The van der Waals surface area contributed by atoms with Crippen molar-refractivity contribution in [3.05, 3.63) is 27.2 Å². The Labute approximate surface area is 164 Å². The van der Waals surface area contributed by atoms with E-state index in [-0.39, 0.29) is 18.3 Å². The zero-order valence-corrected chi connectivity index (χ0v) is 16.7. The normalized spacial score (nSPS) is 15.2. The highest BCUT2D eigenvalue weighted by atomic mass is 35.5. The summed E-state index contributed by atoms with van der Waals surface area (Å²) in [6.45, 7) is 5.40. The number of piperidine rings is 1. The Morgan fingerprint density at radius 2 is 1.83 bits per heavy atom. The molecule has 1 amide bonds. The van der Waals surface area contributed by atoms with Crippen LogP contribution in [0.3, 0.4) is 0 Å². The van der Waals surface area contributed by atoms with Crippen LogP contribution in [0.4, 0.5) is 5.69 Å². The van der Waals surface area contributed by atoms with Gasteiger partial charge in [-0.1, -0.05) is 41.7 Å². The van der Waals surface area contributed by atoms with Gasteiger partial charge >= 0.3 is 0 Å². The average molecular weight is 415 g/mol. The van der Waals surface area contributed by atoms with Crippen LogP contribution < -0.4 is 10.6 Å². The first-order valence-corrected chi connectivity index (χ1v) is 9.03. The smallest absolute Gasteiger partial charge is 0.238 e. The molecular formula is C16H23Cl4N3O. The predicted octanol–water partition coefficient (Wildman–Crippen LogP) is 4.47. The highest BCUT2D eigenvalue weighted by molar-refractivity contribution is 6.44. The van der Waals surface area contributed by atoms with Crippen molar-refractivity contribution in [1.29, 1.82) is 0 Å². The molecule has 0 aliphatic carbocycles. The van der Waals surface area contributed by atoms with Crippen molar-refractivity contribution in [3.63, 3.8) is 0 Å². The molecule has 0 radical (unpaired) electrons. The number of halogens is 4. The molecule has 0 bridgehead atoms. The van der Waals surface area contributed by atoms with E-state index in [0.29, 0.717) is 33.3 Å². The Morgan fingerprint density at radius 1 is 1.21 bits per heavy atom. The maximum absolute atomic E-state index is 12.4. The van der Waals surface area contributed by atoms with Crippen LogP contribution >= 0.6 is 47.2 Å². The van der Waals surface area contributed by atoms with Gasteiger partial charge in [0.05, 0.1) is 27.3 Å². The van der Waals surface area contributed by atoms with Gasteiger partial charge in [-0.3, -0.25) is 9.69 Å². The molecule has 2 rings (SSSR count). The lowest BCUT2D eigenvalue weighted by atomic mass is 10.0. The summed E-state index contributed by atoms with van der Waals surface area (Å²) in [5, 5.41) is 7.32. The molecular weight excluding hydrogens is 392 g/mol. The second-order valence-electron chi connectivity index (χ2n) is 5.75. The first-order chi connectivity index (χ1) is 11.0. The summed E-state index contributed by atoms with van der Waals surface area (Å²) >= 11 is 18.0. The first kappa shape index (κ1) is 21.8. The van der Waals surface area contributed by atoms with Crippen LogP contribution in [0.15, 0.2) is 12.1 Å². The van der Waals surface area contributed by atoms with E-state index in [1.54, 1.807) is 6.07 Å². The number of nitrogens with zero attached hydrogens (tertiary/aromatic N) is 1. The zero-order chi connectivity index (χ0) is 16.8. The molecule has 136 valence electrons. The van der Waals surface area contributed by atoms with Crippen molar-refractivity contribution in [1.82, 2.24) is 10.2 Å². The van der Waals surface area contributed by atoms with Crippen molar-refractivity contribution in [2.75, 3.05) is 31.5 Å². The van der Waals surface area contributed by atoms with Gasteiger partial charge in [-0.2, -0.15) is 0 Å². The van der Waals surface area contributed by atoms with Gasteiger partial charge in [0, 0.05) is 6.04 Å². The summed E-state index contributed by atoms with van der Waals surface area (Å²) in [6, 6.07) is 3.57. The Bertz CT molecular complexity index is 550. The van der Waals surface area contributed by atoms with Gasteiger partial charge in [0.2, 0.25) is 5.91 Å². The molecule has 8 heteroatoms. The molecule has 0 saturated carbocycles. The third kappa shape index (κ3) is 6.25. The fourth-order valence-corrected chi connectivity index (χ4v) is 3.44. The maximum Gasteiger partial charge on any atom is 0.238 e. The van der Waals surface area contributed by atoms with E-state index in [1.165, 1.54) is 6.07 Å². The number of amides is 1. The molecule has 1 aliphatic rings. The monoisotopic (exact) mass is 413 g/mol. The number of benzene rings is 1. The molecule has 0 spiro atoms. The van der Waals surface area contributed by atoms with E-state index in [9.17, 15) is 4.79 Å². The Morgan fingerprint density at radius 3 is 2.46 bits per heavy atom. The van der Waals surface area contributed by atoms with E-state index >= 15 is 0 Å². The lowest BCUT2D eigenvalue weighted by Crippen LogP contribution is -2.46. The quantitative estimate of drug-likeness (QED) is 0.674. The van der Waals surface area contributed by atoms with Crippen LogP contribution in [-0.4, -0.2) is 43.0 Å². The van der Waals surface area contributed by atoms with Gasteiger partial charge in [-0.25, -0.2) is 0 Å². The molecule has 0 unspecified atom stereocenters. The molecule has 0 atom stereocenters. The molecule has 1 heterocycles. The fourth-order valence-electron chi connectivity index (χ4n) is 2.84. The highest BCUT2D eigenvalue weighted by Gasteiger charge is 2.22. The molecule has 24 heavy (non-hydrogen) atoms. The number of rotatable bonds is 6. The standard InChI is InChI=1S/C16H22Cl3N3O.ClH/c1-2-7-22(11-3-5-20-6-4-11)10-16(23)21-15-9-13(18)12(17)8-14(15)19;/h8-9,11,20H,2-7,10H2,1H3,(H,21,23);1H. The molecule has 2 N–H and O–H groups in total. The Hall–Kier alpha value is -0.230. The SMILES string of the molecule is CCCN(CC(=O)Nc1cc(Cl)c(Cl)cc1Cl)C1CCNCC1.Cl. The minimum atomic E-state index is -0.0859. The van der Waals surface area contributed by atoms with Gasteiger partial charge in [-0.15, -0.1) is 12.4 Å². The third-order valence-electron chi connectivity index (χ3n) is 3.97. The second kappa shape index (κ2) is 10.7. The number of anilines is 1. The second-order valence-corrected chi connectivity index (χ2v) is 6.97. The Kier molecular flexibility index (Phi) is 9.72. The summed E-state index contributed by atoms with van der Waals surface area (Å²) in [4.78, 5) is 14.6. The Balaban J connectivity index is 0.00000288. The van der Waals surface area contributed by atoms with E-state index in [0.717, 1.165) is 38.9 Å². The predicted molar refractivity (Wildman–Crippen MR) is 105 cm³/mol. The summed E-state index contributed by atoms with van der Waals surface area (Å²) in [5.41, 5.74) is 0.493. The highest BCUT2D eigenvalue weighted by Crippen LogP contribution is 2.32. The van der Waals surface area contributed by atoms with Crippen LogP contribution in [0.1, 0.15) is 26.2 Å². The summed E-state index contributed by atoms with van der Waals surface area (Å²) < 4.78 is 0. The summed E-state index contributed by atoms with van der Waals surface area (Å²) in [7, 11) is 0. The lowest BCUT2D eigenvalue weighted by Gasteiger charge is -2.34. The van der Waals surface area contributed by atoms with Crippen LogP contribution in [0, 0.1) is 0 Å². The van der Waals surface area contributed by atoms with Crippen molar-refractivity contribution in [2.24, 2.45) is 0 Å². The number of hydrogen-bond acceptors (Lipinski definition) is 3. The van der Waals surface area contributed by atoms with Gasteiger partial charge in [0.25, 0.3) is 0 Å². The largest absolute Gasteiger partial charge is 0.324 e. The van der Waals surface area contributed by atoms with Crippen LogP contribution in [-0.2, 0) is 4.79 Å². The summed E-state index contributed by atoms with van der Waals surface area (Å²) in [6.07, 6.45) is 3.16. The van der Waals surface area contributed by atoms with Crippen LogP contribution in [0.2, 0.25) is 15.1 Å².